The number of nitrogens with one attached hydrogen (secondary N) is 1. The van der Waals surface area contributed by atoms with Gasteiger partial charge in [0.2, 0.25) is 0 Å². The van der Waals surface area contributed by atoms with Crippen LogP contribution in [0.25, 0.3) is 0 Å². The Kier molecular flexibility index (Phi) is 8.78. The highest BCUT2D eigenvalue weighted by Crippen LogP contribution is 2.27. The van der Waals surface area contributed by atoms with Gasteiger partial charge < -0.3 is 15.0 Å². The van der Waals surface area contributed by atoms with Crippen LogP contribution in [0.1, 0.15) is 25.8 Å². The van der Waals surface area contributed by atoms with E-state index in [4.69, 9.17) is 4.74 Å². The van der Waals surface area contributed by atoms with Gasteiger partial charge in [0.05, 0.1) is 6.61 Å². The molecule has 4 nitrogen and oxygen atoms in total. The van der Waals surface area contributed by atoms with Crippen molar-refractivity contribution in [3.8, 4) is 0 Å². The molecule has 0 aromatic heterocycles. The van der Waals surface area contributed by atoms with Crippen LogP contribution in [0.5, 0.6) is 0 Å². The fourth-order valence-corrected chi connectivity index (χ4v) is 2.51. The van der Waals surface area contributed by atoms with Crippen molar-refractivity contribution >= 4 is 35.6 Å². The van der Waals surface area contributed by atoms with Crippen molar-refractivity contribution in [2.75, 3.05) is 38.3 Å². The van der Waals surface area contributed by atoms with Crippen molar-refractivity contribution in [3.63, 3.8) is 0 Å². The van der Waals surface area contributed by atoms with Gasteiger partial charge in [-0.3, -0.25) is 4.99 Å². The highest BCUT2D eigenvalue weighted by atomic mass is 127. The summed E-state index contributed by atoms with van der Waals surface area (Å²) < 4.78 is 5.64. The number of hydrogen-bond donors (Lipinski definition) is 1. The van der Waals surface area contributed by atoms with Gasteiger partial charge in [0.1, 0.15) is 0 Å². The number of aliphatic imine (C=N–C) groups is 1. The quantitative estimate of drug-likeness (QED) is 0.334. The summed E-state index contributed by atoms with van der Waals surface area (Å²) in [5, 5.41) is 3.39. The van der Waals surface area contributed by atoms with E-state index in [1.54, 1.807) is 0 Å². The molecule has 1 aromatic carbocycles. The molecule has 1 aliphatic rings. The molecule has 1 aromatic rings. The predicted octanol–water partition coefficient (Wildman–Crippen LogP) is 3.31. The Labute approximate surface area is 151 Å². The summed E-state index contributed by atoms with van der Waals surface area (Å²) in [6.07, 6.45) is 2.20. The summed E-state index contributed by atoms with van der Waals surface area (Å²) >= 11 is 0. The average Bonchev–Trinajstić information content (AvgIpc) is 2.90. The zero-order valence-corrected chi connectivity index (χ0v) is 16.2. The molecule has 0 aliphatic carbocycles. The highest BCUT2D eigenvalue weighted by Gasteiger charge is 2.21. The van der Waals surface area contributed by atoms with Gasteiger partial charge in [-0.2, -0.15) is 0 Å². The van der Waals surface area contributed by atoms with Gasteiger partial charge in [0.15, 0.2) is 5.96 Å². The molecule has 0 spiro atoms. The Balaban J connectivity index is 0.00000242. The smallest absolute Gasteiger partial charge is 0.198 e. The SMILES string of the molecule is CN=C(NCCOCCC(C)C)N1CCc2ccccc21.I. The molecule has 0 atom stereocenters. The number of nitrogens with zero attached hydrogens (tertiary/aromatic N) is 2. The number of rotatable bonds is 6. The van der Waals surface area contributed by atoms with Gasteiger partial charge in [-0.1, -0.05) is 32.0 Å². The molecule has 22 heavy (non-hydrogen) atoms. The lowest BCUT2D eigenvalue weighted by Gasteiger charge is -2.22. The molecule has 5 heteroatoms. The zero-order valence-electron chi connectivity index (χ0n) is 13.8. The summed E-state index contributed by atoms with van der Waals surface area (Å²) in [6.45, 7) is 7.78. The maximum atomic E-state index is 5.64. The minimum Gasteiger partial charge on any atom is -0.380 e. The minimum absolute atomic E-state index is 0. The first-order valence-electron chi connectivity index (χ1n) is 7.86. The summed E-state index contributed by atoms with van der Waals surface area (Å²) in [5.74, 6) is 1.64. The van der Waals surface area contributed by atoms with E-state index in [0.29, 0.717) is 5.92 Å². The Bertz CT molecular complexity index is 477. The molecule has 2 rings (SSSR count). The molecule has 0 fully saturated rings. The number of fused-ring (bicyclic) bond motifs is 1. The number of halogens is 1. The van der Waals surface area contributed by atoms with Gasteiger partial charge in [-0.05, 0) is 30.4 Å². The Hall–Kier alpha value is -0.820. The van der Waals surface area contributed by atoms with E-state index in [9.17, 15) is 0 Å². The van der Waals surface area contributed by atoms with Gasteiger partial charge >= 0.3 is 0 Å². The van der Waals surface area contributed by atoms with Crippen molar-refractivity contribution in [3.05, 3.63) is 29.8 Å². The molecule has 1 aliphatic heterocycles. The van der Waals surface area contributed by atoms with E-state index in [1.165, 1.54) is 11.3 Å². The van der Waals surface area contributed by atoms with E-state index in [0.717, 1.165) is 45.1 Å². The molecular weight excluding hydrogens is 389 g/mol. The summed E-state index contributed by atoms with van der Waals surface area (Å²) in [5.41, 5.74) is 2.67. The van der Waals surface area contributed by atoms with Crippen LogP contribution in [0.2, 0.25) is 0 Å². The standard InChI is InChI=1S/C17H27N3O.HI/c1-14(2)9-12-21-13-10-19-17(18-3)20-11-8-15-6-4-5-7-16(15)20;/h4-7,14H,8-13H2,1-3H3,(H,18,19);1H. The predicted molar refractivity (Wildman–Crippen MR) is 105 cm³/mol. The first-order valence-corrected chi connectivity index (χ1v) is 7.86. The van der Waals surface area contributed by atoms with Crippen LogP contribution in [-0.4, -0.2) is 39.3 Å². The molecule has 0 radical (unpaired) electrons. The van der Waals surface area contributed by atoms with E-state index >= 15 is 0 Å². The summed E-state index contributed by atoms with van der Waals surface area (Å²) in [7, 11) is 1.84. The third kappa shape index (κ3) is 5.43. The van der Waals surface area contributed by atoms with Gasteiger partial charge in [-0.15, -0.1) is 24.0 Å². The number of anilines is 1. The van der Waals surface area contributed by atoms with E-state index in [2.05, 4.69) is 53.3 Å². The maximum absolute atomic E-state index is 5.64. The van der Waals surface area contributed by atoms with E-state index < -0.39 is 0 Å². The van der Waals surface area contributed by atoms with E-state index in [-0.39, 0.29) is 24.0 Å². The summed E-state index contributed by atoms with van der Waals surface area (Å²) in [4.78, 5) is 6.64. The number of benzene rings is 1. The Morgan fingerprint density at radius 1 is 1.32 bits per heavy atom. The van der Waals surface area contributed by atoms with Crippen molar-refractivity contribution in [2.45, 2.75) is 26.7 Å². The Morgan fingerprint density at radius 3 is 2.82 bits per heavy atom. The molecule has 124 valence electrons. The van der Waals surface area contributed by atoms with Crippen LogP contribution < -0.4 is 10.2 Å². The lowest BCUT2D eigenvalue weighted by molar-refractivity contribution is 0.128. The van der Waals surface area contributed by atoms with Crippen LogP contribution in [0, 0.1) is 5.92 Å². The Morgan fingerprint density at radius 2 is 2.09 bits per heavy atom. The minimum atomic E-state index is 0. The maximum Gasteiger partial charge on any atom is 0.198 e. The number of guanidine groups is 1. The lowest BCUT2D eigenvalue weighted by atomic mass is 10.1. The van der Waals surface area contributed by atoms with Crippen LogP contribution in [0.4, 0.5) is 5.69 Å². The van der Waals surface area contributed by atoms with Gasteiger partial charge in [0, 0.05) is 32.4 Å². The van der Waals surface area contributed by atoms with Gasteiger partial charge in [0.25, 0.3) is 0 Å². The molecule has 0 bridgehead atoms. The highest BCUT2D eigenvalue weighted by molar-refractivity contribution is 14.0. The molecule has 1 N–H and O–H groups in total. The van der Waals surface area contributed by atoms with Crippen LogP contribution in [-0.2, 0) is 11.2 Å². The van der Waals surface area contributed by atoms with Crippen LogP contribution in [0.15, 0.2) is 29.3 Å². The van der Waals surface area contributed by atoms with E-state index in [1.807, 2.05) is 7.05 Å². The third-order valence-corrected chi connectivity index (χ3v) is 3.72. The van der Waals surface area contributed by atoms with Crippen LogP contribution in [0.3, 0.4) is 0 Å². The van der Waals surface area contributed by atoms with Crippen molar-refractivity contribution in [1.29, 1.82) is 0 Å². The van der Waals surface area contributed by atoms with Crippen LogP contribution >= 0.6 is 24.0 Å². The third-order valence-electron chi connectivity index (χ3n) is 3.72. The second kappa shape index (κ2) is 10.0. The number of ether oxygens (including phenoxy) is 1. The second-order valence-corrected chi connectivity index (χ2v) is 5.80. The first-order chi connectivity index (χ1) is 10.2. The molecule has 0 amide bonds. The molecule has 1 heterocycles. The molecule has 0 saturated carbocycles. The average molecular weight is 417 g/mol. The fraction of sp³-hybridized carbons (Fsp3) is 0.588. The molecule has 0 unspecified atom stereocenters. The number of hydrogen-bond acceptors (Lipinski definition) is 2. The van der Waals surface area contributed by atoms with Crippen molar-refractivity contribution in [2.24, 2.45) is 10.9 Å². The largest absolute Gasteiger partial charge is 0.380 e. The second-order valence-electron chi connectivity index (χ2n) is 5.80. The first kappa shape index (κ1) is 19.2. The molecule has 0 saturated heterocycles. The summed E-state index contributed by atoms with van der Waals surface area (Å²) in [6, 6.07) is 8.53. The normalized spacial score (nSPS) is 14.0. The van der Waals surface area contributed by atoms with Gasteiger partial charge in [-0.25, -0.2) is 0 Å². The van der Waals surface area contributed by atoms with Crippen molar-refractivity contribution in [1.82, 2.24) is 5.32 Å². The lowest BCUT2D eigenvalue weighted by Crippen LogP contribution is -2.41. The van der Waals surface area contributed by atoms with Crippen molar-refractivity contribution < 1.29 is 4.74 Å². The number of para-hydroxylation sites is 1. The zero-order chi connectivity index (χ0) is 15.1. The monoisotopic (exact) mass is 417 g/mol. The fourth-order valence-electron chi connectivity index (χ4n) is 2.51. The molecular formula is C17H28IN3O. The topological polar surface area (TPSA) is 36.9 Å².